The van der Waals surface area contributed by atoms with Crippen LogP contribution in [0.3, 0.4) is 0 Å². The molecule has 1 aliphatic rings. The zero-order valence-electron chi connectivity index (χ0n) is 7.79. The highest BCUT2D eigenvalue weighted by Gasteiger charge is 2.44. The lowest BCUT2D eigenvalue weighted by atomic mass is 10.1. The molecule has 0 N–H and O–H groups in total. The molecule has 0 spiro atoms. The fourth-order valence-electron chi connectivity index (χ4n) is 0.855. The number of hydrogen-bond acceptors (Lipinski definition) is 3. The fraction of sp³-hybridized carbons (Fsp3) is 0.875. The molecule has 0 atom stereocenters. The lowest BCUT2D eigenvalue weighted by molar-refractivity contribution is -0.125. The van der Waals surface area contributed by atoms with Gasteiger partial charge in [-0.1, -0.05) is 6.92 Å². The summed E-state index contributed by atoms with van der Waals surface area (Å²) in [5.74, 6) is 0.0893. The summed E-state index contributed by atoms with van der Waals surface area (Å²) in [7, 11) is -2.48. The zero-order chi connectivity index (χ0) is 9.41. The molecule has 70 valence electrons. The first-order chi connectivity index (χ1) is 5.33. The number of rotatable bonds is 4. The number of carbonyl (C=O) groups excluding carboxylic acids is 1. The summed E-state index contributed by atoms with van der Waals surface area (Å²) in [6.07, 6.45) is 1.90. The minimum atomic E-state index is -2.48. The summed E-state index contributed by atoms with van der Waals surface area (Å²) in [6, 6.07) is 0. The highest BCUT2D eigenvalue weighted by Crippen LogP contribution is 2.47. The van der Waals surface area contributed by atoms with Crippen molar-refractivity contribution in [1.29, 1.82) is 0 Å². The van der Waals surface area contributed by atoms with Gasteiger partial charge in [-0.2, -0.15) is 0 Å². The highest BCUT2D eigenvalue weighted by atomic mass is 31.2. The van der Waals surface area contributed by atoms with E-state index in [4.69, 9.17) is 4.52 Å². The van der Waals surface area contributed by atoms with Crippen molar-refractivity contribution in [3.05, 3.63) is 0 Å². The van der Waals surface area contributed by atoms with Gasteiger partial charge in [0.25, 0.3) is 0 Å². The van der Waals surface area contributed by atoms with Gasteiger partial charge in [-0.25, -0.2) is 0 Å². The smallest absolute Gasteiger partial charge is 0.197 e. The predicted octanol–water partition coefficient (Wildman–Crippen LogP) is 1.91. The van der Waals surface area contributed by atoms with Gasteiger partial charge in [0.15, 0.2) is 13.2 Å². The van der Waals surface area contributed by atoms with E-state index in [9.17, 15) is 9.36 Å². The Hall–Kier alpha value is -0.140. The summed E-state index contributed by atoms with van der Waals surface area (Å²) in [4.78, 5) is 11.3. The largest absolute Gasteiger partial charge is 0.321 e. The average molecular weight is 190 g/mol. The summed E-state index contributed by atoms with van der Waals surface area (Å²) in [5, 5.41) is 0. The van der Waals surface area contributed by atoms with Crippen molar-refractivity contribution in [3.8, 4) is 0 Å². The maximum absolute atomic E-state index is 11.3. The molecule has 1 saturated carbocycles. The molecule has 1 aliphatic carbocycles. The topological polar surface area (TPSA) is 43.4 Å². The standard InChI is InChI=1S/C8H15O3P/c1-8(4-5-8)7(9)6-11-12(2,3)10/h4-6H2,1-3H3. The third kappa shape index (κ3) is 2.72. The normalized spacial score (nSPS) is 20.6. The van der Waals surface area contributed by atoms with Crippen LogP contribution in [0.15, 0.2) is 0 Å². The van der Waals surface area contributed by atoms with Crippen molar-refractivity contribution in [2.45, 2.75) is 19.8 Å². The van der Waals surface area contributed by atoms with Gasteiger partial charge in [0.1, 0.15) is 6.61 Å². The Morgan fingerprint density at radius 1 is 1.50 bits per heavy atom. The maximum Gasteiger partial charge on any atom is 0.197 e. The van der Waals surface area contributed by atoms with Gasteiger partial charge >= 0.3 is 0 Å². The number of hydrogen-bond donors (Lipinski definition) is 0. The Morgan fingerprint density at radius 3 is 2.33 bits per heavy atom. The monoisotopic (exact) mass is 190 g/mol. The van der Waals surface area contributed by atoms with Crippen molar-refractivity contribution in [3.63, 3.8) is 0 Å². The molecule has 0 aromatic heterocycles. The molecule has 0 radical (unpaired) electrons. The van der Waals surface area contributed by atoms with Crippen LogP contribution in [0, 0.1) is 5.41 Å². The average Bonchev–Trinajstić information content (AvgIpc) is 2.62. The van der Waals surface area contributed by atoms with Gasteiger partial charge in [0.05, 0.1) is 0 Å². The quantitative estimate of drug-likeness (QED) is 0.636. The van der Waals surface area contributed by atoms with Crippen LogP contribution in [-0.2, 0) is 13.9 Å². The van der Waals surface area contributed by atoms with Crippen LogP contribution in [0.25, 0.3) is 0 Å². The van der Waals surface area contributed by atoms with E-state index >= 15 is 0 Å². The molecular formula is C8H15O3P. The van der Waals surface area contributed by atoms with E-state index < -0.39 is 7.37 Å². The molecule has 3 nitrogen and oxygen atoms in total. The van der Waals surface area contributed by atoms with E-state index in [1.807, 2.05) is 6.92 Å². The highest BCUT2D eigenvalue weighted by molar-refractivity contribution is 7.57. The van der Waals surface area contributed by atoms with Crippen molar-refractivity contribution < 1.29 is 13.9 Å². The third-order valence-corrected chi connectivity index (χ3v) is 2.93. The van der Waals surface area contributed by atoms with E-state index in [-0.39, 0.29) is 17.8 Å². The molecule has 0 heterocycles. The summed E-state index contributed by atoms with van der Waals surface area (Å²) >= 11 is 0. The lowest BCUT2D eigenvalue weighted by Crippen LogP contribution is -2.17. The lowest BCUT2D eigenvalue weighted by Gasteiger charge is -2.10. The van der Waals surface area contributed by atoms with Crippen molar-refractivity contribution in [1.82, 2.24) is 0 Å². The van der Waals surface area contributed by atoms with Crippen LogP contribution in [-0.4, -0.2) is 25.7 Å². The molecule has 0 aromatic carbocycles. The predicted molar refractivity (Wildman–Crippen MR) is 47.8 cm³/mol. The molecule has 0 amide bonds. The number of ketones is 1. The first kappa shape index (κ1) is 9.94. The maximum atomic E-state index is 11.3. The van der Waals surface area contributed by atoms with E-state index in [0.29, 0.717) is 0 Å². The Bertz CT molecular complexity index is 237. The summed E-state index contributed by atoms with van der Waals surface area (Å²) < 4.78 is 16.1. The molecule has 0 saturated heterocycles. The molecular weight excluding hydrogens is 175 g/mol. The van der Waals surface area contributed by atoms with Crippen molar-refractivity contribution in [2.75, 3.05) is 19.9 Å². The first-order valence-electron chi connectivity index (χ1n) is 4.06. The minimum absolute atomic E-state index is 0.0147. The molecule has 0 bridgehead atoms. The second kappa shape index (κ2) is 2.97. The summed E-state index contributed by atoms with van der Waals surface area (Å²) in [5.41, 5.74) is -0.158. The second-order valence-corrected chi connectivity index (χ2v) is 6.77. The van der Waals surface area contributed by atoms with Gasteiger partial charge in [-0.3, -0.25) is 9.36 Å². The van der Waals surface area contributed by atoms with Crippen LogP contribution in [0.1, 0.15) is 19.8 Å². The van der Waals surface area contributed by atoms with Gasteiger partial charge in [-0.15, -0.1) is 0 Å². The Balaban J connectivity index is 2.33. The van der Waals surface area contributed by atoms with E-state index in [2.05, 4.69) is 0 Å². The Labute approximate surface area is 72.9 Å². The number of carbonyl (C=O) groups is 1. The number of Topliss-reactive ketones (excluding diaryl/α,β-unsaturated/α-hetero) is 1. The molecule has 12 heavy (non-hydrogen) atoms. The zero-order valence-corrected chi connectivity index (χ0v) is 8.69. The van der Waals surface area contributed by atoms with Gasteiger partial charge in [0, 0.05) is 18.7 Å². The molecule has 0 unspecified atom stereocenters. The van der Waals surface area contributed by atoms with Crippen LogP contribution in [0.5, 0.6) is 0 Å². The fourth-order valence-corrected chi connectivity index (χ4v) is 1.28. The van der Waals surface area contributed by atoms with Crippen LogP contribution < -0.4 is 0 Å². The molecule has 1 rings (SSSR count). The van der Waals surface area contributed by atoms with Gasteiger partial charge in [0.2, 0.25) is 0 Å². The van der Waals surface area contributed by atoms with Crippen LogP contribution in [0.2, 0.25) is 0 Å². The Kier molecular flexibility index (Phi) is 2.46. The van der Waals surface area contributed by atoms with Crippen LogP contribution in [0.4, 0.5) is 0 Å². The van der Waals surface area contributed by atoms with Gasteiger partial charge < -0.3 is 4.52 Å². The molecule has 1 fully saturated rings. The van der Waals surface area contributed by atoms with Gasteiger partial charge in [-0.05, 0) is 12.8 Å². The Morgan fingerprint density at radius 2 is 2.00 bits per heavy atom. The summed E-state index contributed by atoms with van der Waals surface area (Å²) in [6.45, 7) is 4.99. The molecule has 4 heteroatoms. The SMILES string of the molecule is CC1(C(=O)COP(C)(C)=O)CC1. The van der Waals surface area contributed by atoms with E-state index in [1.54, 1.807) is 0 Å². The second-order valence-electron chi connectivity index (χ2n) is 4.01. The van der Waals surface area contributed by atoms with Crippen molar-refractivity contribution in [2.24, 2.45) is 5.41 Å². The molecule has 0 aliphatic heterocycles. The van der Waals surface area contributed by atoms with Crippen LogP contribution >= 0.6 is 7.37 Å². The van der Waals surface area contributed by atoms with E-state index in [1.165, 1.54) is 13.3 Å². The minimum Gasteiger partial charge on any atom is -0.321 e. The third-order valence-electron chi connectivity index (χ3n) is 2.18. The van der Waals surface area contributed by atoms with Crippen molar-refractivity contribution >= 4 is 13.2 Å². The molecule has 0 aromatic rings. The first-order valence-corrected chi connectivity index (χ1v) is 6.58. The van der Waals surface area contributed by atoms with E-state index in [0.717, 1.165) is 12.8 Å².